The first-order valence-corrected chi connectivity index (χ1v) is 6.22. The number of nitrogen functional groups attached to an aromatic ring is 1. The highest BCUT2D eigenvalue weighted by atomic mass is 35.5. The Balaban J connectivity index is 2.47. The number of hydrogen-bond acceptors (Lipinski definition) is 3. The maximum absolute atomic E-state index is 12.4. The lowest BCUT2D eigenvalue weighted by atomic mass is 10.0. The van der Waals surface area contributed by atoms with Gasteiger partial charge in [-0.15, -0.1) is 0 Å². The maximum atomic E-state index is 12.4. The van der Waals surface area contributed by atoms with Gasteiger partial charge < -0.3 is 10.5 Å². The number of halogens is 2. The average Bonchev–Trinajstić information content (AvgIpc) is 2.40. The Bertz CT molecular complexity index is 641. The van der Waals surface area contributed by atoms with Crippen molar-refractivity contribution < 1.29 is 9.53 Å². The minimum Gasteiger partial charge on any atom is -0.497 e. The van der Waals surface area contributed by atoms with Crippen LogP contribution in [0, 0.1) is 0 Å². The molecule has 0 amide bonds. The van der Waals surface area contributed by atoms with Gasteiger partial charge in [0.15, 0.2) is 5.78 Å². The average molecular weight is 296 g/mol. The van der Waals surface area contributed by atoms with E-state index in [-0.39, 0.29) is 5.78 Å². The molecule has 0 aliphatic rings. The number of anilines is 1. The summed E-state index contributed by atoms with van der Waals surface area (Å²) < 4.78 is 5.04. The SMILES string of the molecule is COc1ccc(C(=O)c2cc(Cl)ccc2N)c(Cl)c1. The zero-order chi connectivity index (χ0) is 14.0. The second kappa shape index (κ2) is 5.51. The van der Waals surface area contributed by atoms with Gasteiger partial charge in [0.1, 0.15) is 5.75 Å². The molecule has 0 bridgehead atoms. The number of nitrogens with two attached hydrogens (primary N) is 1. The molecule has 2 aromatic carbocycles. The molecule has 3 nitrogen and oxygen atoms in total. The fourth-order valence-electron chi connectivity index (χ4n) is 1.68. The third-order valence-electron chi connectivity index (χ3n) is 2.68. The van der Waals surface area contributed by atoms with E-state index >= 15 is 0 Å². The van der Waals surface area contributed by atoms with Crippen LogP contribution in [0.1, 0.15) is 15.9 Å². The van der Waals surface area contributed by atoms with E-state index in [4.69, 9.17) is 33.7 Å². The second-order valence-corrected chi connectivity index (χ2v) is 4.75. The van der Waals surface area contributed by atoms with Crippen molar-refractivity contribution in [2.45, 2.75) is 0 Å². The van der Waals surface area contributed by atoms with Crippen LogP contribution in [0.5, 0.6) is 5.75 Å². The van der Waals surface area contributed by atoms with E-state index in [9.17, 15) is 4.79 Å². The van der Waals surface area contributed by atoms with E-state index in [1.54, 1.807) is 30.3 Å². The predicted molar refractivity (Wildman–Crippen MR) is 77.3 cm³/mol. The van der Waals surface area contributed by atoms with Gasteiger partial charge in [-0.2, -0.15) is 0 Å². The van der Waals surface area contributed by atoms with Crippen molar-refractivity contribution >= 4 is 34.7 Å². The molecule has 0 unspecified atom stereocenters. The molecule has 0 spiro atoms. The summed E-state index contributed by atoms with van der Waals surface area (Å²) in [5.74, 6) is 0.313. The van der Waals surface area contributed by atoms with Gasteiger partial charge >= 0.3 is 0 Å². The van der Waals surface area contributed by atoms with Crippen LogP contribution in [0.4, 0.5) is 5.69 Å². The smallest absolute Gasteiger partial charge is 0.196 e. The molecule has 0 aromatic heterocycles. The molecule has 5 heteroatoms. The maximum Gasteiger partial charge on any atom is 0.196 e. The molecule has 0 saturated carbocycles. The minimum absolute atomic E-state index is 0.271. The standard InChI is InChI=1S/C14H11Cl2NO2/c1-19-9-3-4-10(12(16)7-9)14(18)11-6-8(15)2-5-13(11)17/h2-7H,17H2,1H3. The summed E-state index contributed by atoms with van der Waals surface area (Å²) in [6, 6.07) is 9.59. The normalized spacial score (nSPS) is 10.3. The van der Waals surface area contributed by atoms with Crippen molar-refractivity contribution in [1.82, 2.24) is 0 Å². The first-order valence-electron chi connectivity index (χ1n) is 5.46. The van der Waals surface area contributed by atoms with Crippen molar-refractivity contribution in [3.05, 3.63) is 57.6 Å². The summed E-state index contributed by atoms with van der Waals surface area (Å²) in [6.07, 6.45) is 0. The number of carbonyl (C=O) groups excluding carboxylic acids is 1. The fraction of sp³-hybridized carbons (Fsp3) is 0.0714. The lowest BCUT2D eigenvalue weighted by molar-refractivity contribution is 0.103. The van der Waals surface area contributed by atoms with Crippen molar-refractivity contribution in [2.75, 3.05) is 12.8 Å². The third-order valence-corrected chi connectivity index (χ3v) is 3.23. The number of benzene rings is 2. The molecule has 0 aliphatic carbocycles. The Morgan fingerprint density at radius 3 is 2.47 bits per heavy atom. The predicted octanol–water partition coefficient (Wildman–Crippen LogP) is 3.82. The van der Waals surface area contributed by atoms with E-state index in [0.29, 0.717) is 32.6 Å². The molecule has 0 radical (unpaired) electrons. The lowest BCUT2D eigenvalue weighted by Crippen LogP contribution is -2.06. The summed E-state index contributed by atoms with van der Waals surface area (Å²) in [4.78, 5) is 12.4. The summed E-state index contributed by atoms with van der Waals surface area (Å²) in [5, 5.41) is 0.755. The molecule has 0 saturated heterocycles. The summed E-state index contributed by atoms with van der Waals surface area (Å²) in [7, 11) is 1.53. The molecule has 19 heavy (non-hydrogen) atoms. The third kappa shape index (κ3) is 2.83. The highest BCUT2D eigenvalue weighted by Gasteiger charge is 2.16. The Kier molecular flexibility index (Phi) is 3.98. The van der Waals surface area contributed by atoms with Crippen LogP contribution in [0.15, 0.2) is 36.4 Å². The number of ether oxygens (including phenoxy) is 1. The van der Waals surface area contributed by atoms with E-state index in [0.717, 1.165) is 0 Å². The molecule has 0 heterocycles. The Morgan fingerprint density at radius 1 is 1.11 bits per heavy atom. The van der Waals surface area contributed by atoms with Gasteiger partial charge in [0.2, 0.25) is 0 Å². The number of methoxy groups -OCH3 is 1. The Morgan fingerprint density at radius 2 is 1.84 bits per heavy atom. The second-order valence-electron chi connectivity index (χ2n) is 3.91. The van der Waals surface area contributed by atoms with Crippen LogP contribution in [0.2, 0.25) is 10.0 Å². The molecular formula is C14H11Cl2NO2. The van der Waals surface area contributed by atoms with Gasteiger partial charge in [-0.05, 0) is 36.4 Å². The number of carbonyl (C=O) groups is 1. The highest BCUT2D eigenvalue weighted by Crippen LogP contribution is 2.27. The van der Waals surface area contributed by atoms with Gasteiger partial charge in [-0.3, -0.25) is 4.79 Å². The van der Waals surface area contributed by atoms with Crippen LogP contribution < -0.4 is 10.5 Å². The molecule has 2 aromatic rings. The number of hydrogen-bond donors (Lipinski definition) is 1. The van der Waals surface area contributed by atoms with Crippen molar-refractivity contribution in [1.29, 1.82) is 0 Å². The van der Waals surface area contributed by atoms with Crippen LogP contribution in [0.25, 0.3) is 0 Å². The van der Waals surface area contributed by atoms with Crippen LogP contribution in [-0.4, -0.2) is 12.9 Å². The van der Waals surface area contributed by atoms with E-state index < -0.39 is 0 Å². The topological polar surface area (TPSA) is 52.3 Å². The molecule has 98 valence electrons. The van der Waals surface area contributed by atoms with Crippen molar-refractivity contribution in [3.8, 4) is 5.75 Å². The van der Waals surface area contributed by atoms with Crippen LogP contribution >= 0.6 is 23.2 Å². The quantitative estimate of drug-likeness (QED) is 0.692. The molecule has 2 N–H and O–H groups in total. The Labute approximate surface area is 120 Å². The van der Waals surface area contributed by atoms with Gasteiger partial charge in [-0.25, -0.2) is 0 Å². The highest BCUT2D eigenvalue weighted by molar-refractivity contribution is 6.36. The lowest BCUT2D eigenvalue weighted by Gasteiger charge is -2.08. The monoisotopic (exact) mass is 295 g/mol. The van der Waals surface area contributed by atoms with Crippen LogP contribution in [0.3, 0.4) is 0 Å². The number of rotatable bonds is 3. The molecule has 0 atom stereocenters. The first-order chi connectivity index (χ1) is 9.02. The van der Waals surface area contributed by atoms with Gasteiger partial charge in [0.25, 0.3) is 0 Å². The zero-order valence-corrected chi connectivity index (χ0v) is 11.6. The summed E-state index contributed by atoms with van der Waals surface area (Å²) >= 11 is 11.9. The molecule has 0 fully saturated rings. The zero-order valence-electron chi connectivity index (χ0n) is 10.1. The summed E-state index contributed by atoms with van der Waals surface area (Å²) in [5.41, 5.74) is 6.84. The summed E-state index contributed by atoms with van der Waals surface area (Å²) in [6.45, 7) is 0. The van der Waals surface area contributed by atoms with Gasteiger partial charge in [0, 0.05) is 21.8 Å². The van der Waals surface area contributed by atoms with Gasteiger partial charge in [-0.1, -0.05) is 23.2 Å². The largest absolute Gasteiger partial charge is 0.497 e. The van der Waals surface area contributed by atoms with E-state index in [2.05, 4.69) is 0 Å². The molecule has 2 rings (SSSR count). The fourth-order valence-corrected chi connectivity index (χ4v) is 2.11. The van der Waals surface area contributed by atoms with Crippen molar-refractivity contribution in [3.63, 3.8) is 0 Å². The Hall–Kier alpha value is -1.71. The van der Waals surface area contributed by atoms with E-state index in [1.807, 2.05) is 0 Å². The number of ketones is 1. The van der Waals surface area contributed by atoms with Crippen molar-refractivity contribution in [2.24, 2.45) is 0 Å². The van der Waals surface area contributed by atoms with E-state index in [1.165, 1.54) is 13.2 Å². The molecule has 0 aliphatic heterocycles. The van der Waals surface area contributed by atoms with Crippen LogP contribution in [-0.2, 0) is 0 Å². The molecular weight excluding hydrogens is 285 g/mol. The van der Waals surface area contributed by atoms with Gasteiger partial charge in [0.05, 0.1) is 12.1 Å². The minimum atomic E-state index is -0.271. The first kappa shape index (κ1) is 13.7.